The van der Waals surface area contributed by atoms with Crippen LogP contribution < -0.4 is 9.47 Å². The summed E-state index contributed by atoms with van der Waals surface area (Å²) in [6.45, 7) is 5.14. The second-order valence-electron chi connectivity index (χ2n) is 9.15. The number of benzene rings is 3. The van der Waals surface area contributed by atoms with E-state index in [0.717, 1.165) is 5.56 Å². The number of rotatable bonds is 10. The number of hydrogen-bond acceptors (Lipinski definition) is 5. The largest absolute Gasteiger partial charge is 0.493 e. The Kier molecular flexibility index (Phi) is 7.95. The van der Waals surface area contributed by atoms with Gasteiger partial charge in [-0.3, -0.25) is 4.90 Å². The van der Waals surface area contributed by atoms with Gasteiger partial charge in [0.15, 0.2) is 17.1 Å². The van der Waals surface area contributed by atoms with E-state index in [1.54, 1.807) is 38.5 Å². The Morgan fingerprint density at radius 3 is 2.00 bits per heavy atom. The highest BCUT2D eigenvalue weighted by Gasteiger charge is 2.38. The lowest BCUT2D eigenvalue weighted by atomic mass is 9.84. The van der Waals surface area contributed by atoms with Gasteiger partial charge in [-0.2, -0.15) is 0 Å². The summed E-state index contributed by atoms with van der Waals surface area (Å²) in [5.74, 6) is 1.05. The molecule has 1 N–H and O–H groups in total. The van der Waals surface area contributed by atoms with E-state index >= 15 is 0 Å². The molecule has 4 aromatic rings. The van der Waals surface area contributed by atoms with Crippen LogP contribution in [0.2, 0.25) is 0 Å². The average molecular weight is 508 g/mol. The van der Waals surface area contributed by atoms with Gasteiger partial charge in [0, 0.05) is 18.2 Å². The first-order valence-electron chi connectivity index (χ1n) is 12.0. The van der Waals surface area contributed by atoms with Crippen molar-refractivity contribution in [2.45, 2.75) is 38.6 Å². The van der Waals surface area contributed by atoms with Crippen LogP contribution in [0.3, 0.4) is 0 Å². The summed E-state index contributed by atoms with van der Waals surface area (Å²) in [5.41, 5.74) is -0.457. The van der Waals surface area contributed by atoms with E-state index in [-0.39, 0.29) is 22.9 Å². The van der Waals surface area contributed by atoms with Crippen molar-refractivity contribution in [3.8, 4) is 11.5 Å². The zero-order valence-corrected chi connectivity index (χ0v) is 21.4. The van der Waals surface area contributed by atoms with Crippen LogP contribution in [0.1, 0.15) is 42.1 Å². The minimum absolute atomic E-state index is 0.148. The minimum Gasteiger partial charge on any atom is -0.493 e. The highest BCUT2D eigenvalue weighted by molar-refractivity contribution is 5.47. The summed E-state index contributed by atoms with van der Waals surface area (Å²) in [4.78, 5) is 2.18. The summed E-state index contributed by atoms with van der Waals surface area (Å²) in [6, 6.07) is 20.5. The Hall–Kier alpha value is -3.68. The van der Waals surface area contributed by atoms with E-state index in [1.807, 2.05) is 18.2 Å². The first-order valence-corrected chi connectivity index (χ1v) is 12.0. The molecule has 0 saturated heterocycles. The van der Waals surface area contributed by atoms with Gasteiger partial charge in [0.05, 0.1) is 20.8 Å². The van der Waals surface area contributed by atoms with Crippen molar-refractivity contribution in [1.29, 1.82) is 0 Å². The number of halogens is 2. The molecule has 5 nitrogen and oxygen atoms in total. The molecular formula is C30H31F2NO4. The van der Waals surface area contributed by atoms with E-state index < -0.39 is 17.2 Å². The molecule has 0 aliphatic rings. The number of ether oxygens (including phenoxy) is 2. The Balaban J connectivity index is 1.69. The van der Waals surface area contributed by atoms with Crippen LogP contribution in [0.5, 0.6) is 11.5 Å². The highest BCUT2D eigenvalue weighted by Crippen LogP contribution is 2.38. The van der Waals surface area contributed by atoms with E-state index in [0.29, 0.717) is 30.3 Å². The molecule has 0 unspecified atom stereocenters. The molecule has 0 bridgehead atoms. The molecule has 0 radical (unpaired) electrons. The second kappa shape index (κ2) is 11.2. The lowest BCUT2D eigenvalue weighted by Gasteiger charge is -2.28. The minimum atomic E-state index is -1.89. The molecule has 3 aromatic carbocycles. The molecule has 0 aliphatic carbocycles. The van der Waals surface area contributed by atoms with Gasteiger partial charge in [-0.15, -0.1) is 0 Å². The van der Waals surface area contributed by atoms with Crippen LogP contribution >= 0.6 is 0 Å². The summed E-state index contributed by atoms with van der Waals surface area (Å²) in [6.07, 6.45) is 0. The maximum atomic E-state index is 14.2. The Bertz CT molecular complexity index is 1310. The zero-order valence-electron chi connectivity index (χ0n) is 21.4. The first kappa shape index (κ1) is 26.4. The average Bonchev–Trinajstić information content (AvgIpc) is 3.36. The number of hydrogen-bond donors (Lipinski definition) is 1. The van der Waals surface area contributed by atoms with Gasteiger partial charge in [0.25, 0.3) is 0 Å². The van der Waals surface area contributed by atoms with Crippen molar-refractivity contribution in [3.63, 3.8) is 0 Å². The lowest BCUT2D eigenvalue weighted by molar-refractivity contribution is 0.0934. The Morgan fingerprint density at radius 1 is 0.838 bits per heavy atom. The van der Waals surface area contributed by atoms with Gasteiger partial charge in [-0.1, -0.05) is 36.4 Å². The summed E-state index contributed by atoms with van der Waals surface area (Å²) in [5, 5.41) is 11.9. The Morgan fingerprint density at radius 2 is 1.46 bits per heavy atom. The lowest BCUT2D eigenvalue weighted by Crippen LogP contribution is -2.30. The summed E-state index contributed by atoms with van der Waals surface area (Å²) in [7, 11) is 3.21. The van der Waals surface area contributed by atoms with Crippen LogP contribution in [0.15, 0.2) is 83.3 Å². The maximum Gasteiger partial charge on any atom is 0.173 e. The molecule has 0 saturated carbocycles. The Labute approximate surface area is 215 Å². The van der Waals surface area contributed by atoms with Gasteiger partial charge in [0.2, 0.25) is 0 Å². The molecule has 0 amide bonds. The zero-order chi connectivity index (χ0) is 26.6. The van der Waals surface area contributed by atoms with E-state index in [4.69, 9.17) is 13.9 Å². The van der Waals surface area contributed by atoms with Crippen molar-refractivity contribution in [3.05, 3.63) is 119 Å². The predicted molar refractivity (Wildman–Crippen MR) is 138 cm³/mol. The highest BCUT2D eigenvalue weighted by atomic mass is 19.1. The van der Waals surface area contributed by atoms with E-state index in [2.05, 4.69) is 18.7 Å². The molecule has 4 rings (SSSR count). The molecule has 0 fully saturated rings. The predicted octanol–water partition coefficient (Wildman–Crippen LogP) is 6.27. The third-order valence-corrected chi connectivity index (χ3v) is 6.45. The molecule has 0 atom stereocenters. The standard InChI is InChI=1S/C30H31F2NO4/c1-20(2)33(18-21-8-5-13-27(35-3)29(21)36-4)19-26-14-15-28(37-26)30(34,22-9-6-11-24(31)16-22)23-10-7-12-25(32)17-23/h5-17,20,34H,18-19H2,1-4H3. The fourth-order valence-electron chi connectivity index (χ4n) is 4.45. The molecule has 194 valence electrons. The van der Waals surface area contributed by atoms with Crippen molar-refractivity contribution in [1.82, 2.24) is 4.90 Å². The second-order valence-corrected chi connectivity index (χ2v) is 9.15. The maximum absolute atomic E-state index is 14.2. The van der Waals surface area contributed by atoms with Crippen LogP contribution in [0, 0.1) is 11.6 Å². The van der Waals surface area contributed by atoms with Crippen LogP contribution in [-0.2, 0) is 18.7 Å². The van der Waals surface area contributed by atoms with Gasteiger partial charge < -0.3 is 19.0 Å². The van der Waals surface area contributed by atoms with Crippen molar-refractivity contribution in [2.75, 3.05) is 14.2 Å². The fraction of sp³-hybridized carbons (Fsp3) is 0.267. The van der Waals surface area contributed by atoms with E-state index in [1.165, 1.54) is 36.4 Å². The summed E-state index contributed by atoms with van der Waals surface area (Å²) >= 11 is 0. The van der Waals surface area contributed by atoms with Crippen LogP contribution in [0.4, 0.5) is 8.78 Å². The molecule has 1 heterocycles. The smallest absolute Gasteiger partial charge is 0.173 e. The topological polar surface area (TPSA) is 55.1 Å². The third kappa shape index (κ3) is 5.53. The fourth-order valence-corrected chi connectivity index (χ4v) is 4.45. The van der Waals surface area contributed by atoms with Crippen molar-refractivity contribution >= 4 is 0 Å². The summed E-state index contributed by atoms with van der Waals surface area (Å²) < 4.78 is 45.5. The first-order chi connectivity index (χ1) is 17.8. The quantitative estimate of drug-likeness (QED) is 0.274. The molecule has 7 heteroatoms. The molecule has 0 aliphatic heterocycles. The van der Waals surface area contributed by atoms with Crippen LogP contribution in [-0.4, -0.2) is 30.3 Å². The molecule has 0 spiro atoms. The molecule has 1 aromatic heterocycles. The number of furan rings is 1. The van der Waals surface area contributed by atoms with Gasteiger partial charge in [-0.25, -0.2) is 8.78 Å². The van der Waals surface area contributed by atoms with E-state index in [9.17, 15) is 13.9 Å². The van der Waals surface area contributed by atoms with Crippen molar-refractivity contribution < 1.29 is 27.8 Å². The number of nitrogens with zero attached hydrogens (tertiary/aromatic N) is 1. The molecule has 37 heavy (non-hydrogen) atoms. The number of para-hydroxylation sites is 1. The van der Waals surface area contributed by atoms with Crippen LogP contribution in [0.25, 0.3) is 0 Å². The molecular weight excluding hydrogens is 476 g/mol. The van der Waals surface area contributed by atoms with Gasteiger partial charge >= 0.3 is 0 Å². The van der Waals surface area contributed by atoms with Gasteiger partial charge in [-0.05, 0) is 67.4 Å². The number of methoxy groups -OCH3 is 2. The number of aliphatic hydroxyl groups is 1. The monoisotopic (exact) mass is 507 g/mol. The SMILES string of the molecule is COc1cccc(CN(Cc2ccc(C(O)(c3cccc(F)c3)c3cccc(F)c3)o2)C(C)C)c1OC. The normalized spacial score (nSPS) is 11.8. The van der Waals surface area contributed by atoms with Crippen molar-refractivity contribution in [2.24, 2.45) is 0 Å². The van der Waals surface area contributed by atoms with Gasteiger partial charge in [0.1, 0.15) is 23.2 Å². The third-order valence-electron chi connectivity index (χ3n) is 6.45.